The van der Waals surface area contributed by atoms with Gasteiger partial charge in [-0.3, -0.25) is 0 Å². The van der Waals surface area contributed by atoms with Crippen LogP contribution >= 0.6 is 11.6 Å². The quantitative estimate of drug-likeness (QED) is 0.589. The highest BCUT2D eigenvalue weighted by Gasteiger charge is 2.42. The van der Waals surface area contributed by atoms with Crippen molar-refractivity contribution in [2.24, 2.45) is 5.92 Å². The molecule has 1 fully saturated rings. The molecule has 5 atom stereocenters. The zero-order valence-electron chi connectivity index (χ0n) is 17.6. The Kier molecular flexibility index (Phi) is 6.08. The van der Waals surface area contributed by atoms with Crippen molar-refractivity contribution in [1.82, 2.24) is 0 Å². The van der Waals surface area contributed by atoms with Gasteiger partial charge in [0.15, 0.2) is 0 Å². The Morgan fingerprint density at radius 2 is 1.79 bits per heavy atom. The lowest BCUT2D eigenvalue weighted by molar-refractivity contribution is -0.127. The van der Waals surface area contributed by atoms with Gasteiger partial charge >= 0.3 is 0 Å². The molecule has 152 valence electrons. The smallest absolute Gasteiger partial charge is 0.119 e. The number of hydrogen-bond donors (Lipinski definition) is 4. The molecule has 4 N–H and O–H groups in total. The molecule has 2 aromatic rings. The summed E-state index contributed by atoms with van der Waals surface area (Å²) in [6.07, 6.45) is -5.52. The molecule has 0 heterocycles. The molecule has 0 spiro atoms. The lowest BCUT2D eigenvalue weighted by atomic mass is 9.73. The molecule has 1 aliphatic carbocycles. The second-order valence-corrected chi connectivity index (χ2v) is 7.49. The molecule has 28 heavy (non-hydrogen) atoms. The molecule has 0 aromatic heterocycles. The molecule has 1 aliphatic rings. The highest BCUT2D eigenvalue weighted by atomic mass is 35.5. The molecule has 0 aliphatic heterocycles. The van der Waals surface area contributed by atoms with Gasteiger partial charge in [-0.25, -0.2) is 0 Å². The van der Waals surface area contributed by atoms with Gasteiger partial charge in [-0.2, -0.15) is 0 Å². The number of rotatable bonds is 6. The second kappa shape index (κ2) is 9.25. The summed E-state index contributed by atoms with van der Waals surface area (Å²) in [7, 11) is 0. The molecule has 0 saturated heterocycles. The minimum Gasteiger partial charge on any atom is -0.494 e. The van der Waals surface area contributed by atoms with Crippen molar-refractivity contribution in [2.75, 3.05) is 13.2 Å². The fourth-order valence-corrected chi connectivity index (χ4v) is 3.83. The molecule has 1 saturated carbocycles. The highest BCUT2D eigenvalue weighted by molar-refractivity contribution is 6.31. The van der Waals surface area contributed by atoms with E-state index in [-0.39, 0.29) is 23.6 Å². The fourth-order valence-electron chi connectivity index (χ4n) is 3.67. The number of ether oxygens (including phenoxy) is 1. The molecule has 0 amide bonds. The third kappa shape index (κ3) is 4.50. The van der Waals surface area contributed by atoms with Gasteiger partial charge < -0.3 is 25.2 Å². The molecule has 0 unspecified atom stereocenters. The summed E-state index contributed by atoms with van der Waals surface area (Å²) in [5.74, 6) is -0.520. The monoisotopic (exact) mass is 408 g/mol. The standard InChI is InChI=1S/C22H27ClO5/c1-2-28-17-6-3-13(4-7-17)9-15-10-14(5-8-19(15)23)18-11-16(12-24)20(25)22(27)21(18)26/h3-8,10,16,18,20-22,24-27H,2,9,11-12H2,1H3/t16-,18+,20-,21+,22+/m1/s1/i9D2. The molecule has 0 radical (unpaired) electrons. The summed E-state index contributed by atoms with van der Waals surface area (Å²) >= 11 is 6.34. The molecule has 6 heteroatoms. The number of aliphatic hydroxyl groups is 4. The first-order chi connectivity index (χ1) is 14.2. The average Bonchev–Trinajstić information content (AvgIpc) is 2.73. The molecule has 2 aromatic carbocycles. The summed E-state index contributed by atoms with van der Waals surface area (Å²) in [6, 6.07) is 11.5. The van der Waals surface area contributed by atoms with Gasteiger partial charge in [0, 0.05) is 26.2 Å². The Labute approximate surface area is 173 Å². The maximum absolute atomic E-state index is 10.5. The SMILES string of the molecule is [2H]C([2H])(c1ccc(OCC)cc1)c1cc([C@@H]2C[C@H](CO)[C@@H](O)[C@H](O)[C@H]2O)ccc1Cl. The van der Waals surface area contributed by atoms with Crippen LogP contribution < -0.4 is 4.74 Å². The van der Waals surface area contributed by atoms with Crippen molar-refractivity contribution in [2.45, 2.75) is 43.9 Å². The van der Waals surface area contributed by atoms with E-state index in [2.05, 4.69) is 0 Å². The first kappa shape index (κ1) is 18.4. The van der Waals surface area contributed by atoms with Crippen LogP contribution in [0, 0.1) is 5.92 Å². The Morgan fingerprint density at radius 3 is 2.43 bits per heavy atom. The minimum absolute atomic E-state index is 0.235. The van der Waals surface area contributed by atoms with Crippen molar-refractivity contribution in [3.63, 3.8) is 0 Å². The third-order valence-electron chi connectivity index (χ3n) is 5.25. The second-order valence-electron chi connectivity index (χ2n) is 7.08. The lowest BCUT2D eigenvalue weighted by Crippen LogP contribution is -2.51. The van der Waals surface area contributed by atoms with E-state index in [1.54, 1.807) is 42.5 Å². The first-order valence-corrected chi connectivity index (χ1v) is 9.76. The van der Waals surface area contributed by atoms with Gasteiger partial charge in [0.05, 0.1) is 18.8 Å². The van der Waals surface area contributed by atoms with Crippen molar-refractivity contribution in [1.29, 1.82) is 0 Å². The van der Waals surface area contributed by atoms with Gasteiger partial charge in [-0.1, -0.05) is 35.9 Å². The highest BCUT2D eigenvalue weighted by Crippen LogP contribution is 2.38. The molecular formula is C22H27ClO5. The van der Waals surface area contributed by atoms with Crippen LogP contribution in [0.1, 0.15) is 38.7 Å². The van der Waals surface area contributed by atoms with Crippen LogP contribution in [0.15, 0.2) is 42.5 Å². The van der Waals surface area contributed by atoms with Crippen LogP contribution in [0.25, 0.3) is 0 Å². The van der Waals surface area contributed by atoms with Gasteiger partial charge in [-0.15, -0.1) is 0 Å². The van der Waals surface area contributed by atoms with E-state index in [0.29, 0.717) is 23.5 Å². The van der Waals surface area contributed by atoms with Gasteiger partial charge in [0.1, 0.15) is 11.9 Å². The van der Waals surface area contributed by atoms with Crippen LogP contribution in [0.5, 0.6) is 5.75 Å². The van der Waals surface area contributed by atoms with Crippen LogP contribution in [0.3, 0.4) is 0 Å². The van der Waals surface area contributed by atoms with Gasteiger partial charge in [-0.05, 0) is 54.6 Å². The normalized spacial score (nSPS) is 29.1. The Bertz CT molecular complexity index is 859. The summed E-state index contributed by atoms with van der Waals surface area (Å²) in [5.41, 5.74) is 1.22. The largest absolute Gasteiger partial charge is 0.494 e. The first-order valence-electron chi connectivity index (χ1n) is 10.4. The van der Waals surface area contributed by atoms with Crippen LogP contribution in [0.4, 0.5) is 0 Å². The summed E-state index contributed by atoms with van der Waals surface area (Å²) < 4.78 is 22.8. The van der Waals surface area contributed by atoms with Crippen molar-refractivity contribution in [3.8, 4) is 5.75 Å². The van der Waals surface area contributed by atoms with Crippen molar-refractivity contribution < 1.29 is 27.9 Å². The Hall–Kier alpha value is -1.63. The van der Waals surface area contributed by atoms with Crippen molar-refractivity contribution >= 4 is 11.6 Å². The molecule has 3 rings (SSSR count). The van der Waals surface area contributed by atoms with Crippen molar-refractivity contribution in [3.05, 3.63) is 64.2 Å². The summed E-state index contributed by atoms with van der Waals surface area (Å²) in [4.78, 5) is 0. The third-order valence-corrected chi connectivity index (χ3v) is 5.58. The number of benzene rings is 2. The predicted molar refractivity (Wildman–Crippen MR) is 108 cm³/mol. The van der Waals surface area contributed by atoms with E-state index in [1.165, 1.54) is 0 Å². The Balaban J connectivity index is 1.96. The lowest BCUT2D eigenvalue weighted by Gasteiger charge is -2.40. The maximum Gasteiger partial charge on any atom is 0.119 e. The van der Waals surface area contributed by atoms with E-state index >= 15 is 0 Å². The molecule has 5 nitrogen and oxygen atoms in total. The summed E-state index contributed by atoms with van der Waals surface area (Å²) in [6.45, 7) is 2.06. The van der Waals surface area contributed by atoms with Gasteiger partial charge in [0.2, 0.25) is 0 Å². The van der Waals surface area contributed by atoms with Gasteiger partial charge in [0.25, 0.3) is 0 Å². The minimum atomic E-state index is -1.91. The molecular weight excluding hydrogens is 380 g/mol. The van der Waals surface area contributed by atoms with Crippen LogP contribution in [0.2, 0.25) is 5.02 Å². The van der Waals surface area contributed by atoms with E-state index < -0.39 is 36.5 Å². The average molecular weight is 409 g/mol. The van der Waals surface area contributed by atoms with Crippen LogP contribution in [-0.4, -0.2) is 52.0 Å². The van der Waals surface area contributed by atoms with E-state index in [4.69, 9.17) is 19.1 Å². The number of hydrogen-bond acceptors (Lipinski definition) is 5. The number of halogens is 1. The van der Waals surface area contributed by atoms with E-state index in [9.17, 15) is 20.4 Å². The maximum atomic E-state index is 10.5. The topological polar surface area (TPSA) is 90.2 Å². The van der Waals surface area contributed by atoms with E-state index in [0.717, 1.165) is 0 Å². The predicted octanol–water partition coefficient (Wildman–Crippen LogP) is 2.51. The zero-order valence-corrected chi connectivity index (χ0v) is 16.4. The number of aliphatic hydroxyl groups excluding tert-OH is 4. The van der Waals surface area contributed by atoms with E-state index in [1.807, 2.05) is 6.92 Å². The summed E-state index contributed by atoms with van der Waals surface area (Å²) in [5, 5.41) is 40.5. The van der Waals surface area contributed by atoms with Crippen LogP contribution in [-0.2, 0) is 6.37 Å². The fraction of sp³-hybridized carbons (Fsp3) is 0.455. The molecule has 0 bridgehead atoms. The Morgan fingerprint density at radius 1 is 1.07 bits per heavy atom. The zero-order chi connectivity index (χ0) is 22.1.